The standard InChI is InChI=1S/C21H20N4O3/c26-17-11-19(28-18-7-2-1-6-15(17)18)14-5-3-9-24(13-14)21(27)16-12-23-25-10-4-8-22-20(16)25/h1-2,4,6-8,10,12,14,19H,3,5,9,11,13H2/t14-,19+/m1/s1. The van der Waals surface area contributed by atoms with Crippen molar-refractivity contribution in [2.45, 2.75) is 25.4 Å². The molecular formula is C21H20N4O3. The first-order valence-corrected chi connectivity index (χ1v) is 9.57. The van der Waals surface area contributed by atoms with Crippen molar-refractivity contribution < 1.29 is 14.3 Å². The van der Waals surface area contributed by atoms with Crippen LogP contribution in [0.1, 0.15) is 40.0 Å². The van der Waals surface area contributed by atoms with Crippen molar-refractivity contribution in [3.05, 3.63) is 60.0 Å². The first-order valence-electron chi connectivity index (χ1n) is 9.57. The minimum absolute atomic E-state index is 0.0686. The zero-order valence-corrected chi connectivity index (χ0v) is 15.3. The third kappa shape index (κ3) is 2.83. The molecule has 0 unspecified atom stereocenters. The molecule has 0 aliphatic carbocycles. The molecular weight excluding hydrogens is 356 g/mol. The van der Waals surface area contributed by atoms with Gasteiger partial charge in [0.15, 0.2) is 11.4 Å². The molecule has 0 radical (unpaired) electrons. The highest BCUT2D eigenvalue weighted by Crippen LogP contribution is 2.33. The van der Waals surface area contributed by atoms with Crippen LogP contribution < -0.4 is 4.74 Å². The summed E-state index contributed by atoms with van der Waals surface area (Å²) in [5.41, 5.74) is 1.72. The smallest absolute Gasteiger partial charge is 0.259 e. The number of carbonyl (C=O) groups excluding carboxylic acids is 2. The molecule has 0 spiro atoms. The molecule has 5 rings (SSSR count). The van der Waals surface area contributed by atoms with Gasteiger partial charge < -0.3 is 9.64 Å². The summed E-state index contributed by atoms with van der Waals surface area (Å²) < 4.78 is 7.75. The molecule has 28 heavy (non-hydrogen) atoms. The van der Waals surface area contributed by atoms with E-state index in [0.29, 0.717) is 42.0 Å². The average Bonchev–Trinajstić information content (AvgIpc) is 3.17. The Hall–Kier alpha value is -3.22. The van der Waals surface area contributed by atoms with Gasteiger partial charge in [0.25, 0.3) is 5.91 Å². The Morgan fingerprint density at radius 1 is 1.21 bits per heavy atom. The van der Waals surface area contributed by atoms with E-state index in [-0.39, 0.29) is 23.7 Å². The van der Waals surface area contributed by atoms with E-state index in [1.807, 2.05) is 29.2 Å². The van der Waals surface area contributed by atoms with Crippen molar-refractivity contribution in [1.29, 1.82) is 0 Å². The van der Waals surface area contributed by atoms with Crippen LogP contribution in [0.4, 0.5) is 0 Å². The van der Waals surface area contributed by atoms with Gasteiger partial charge in [-0.3, -0.25) is 9.59 Å². The van der Waals surface area contributed by atoms with Gasteiger partial charge in [-0.05, 0) is 31.0 Å². The maximum Gasteiger partial charge on any atom is 0.259 e. The normalized spacial score (nSPS) is 22.0. The maximum atomic E-state index is 13.1. The van der Waals surface area contributed by atoms with E-state index < -0.39 is 0 Å². The number of amides is 1. The molecule has 7 heteroatoms. The van der Waals surface area contributed by atoms with E-state index in [9.17, 15) is 9.59 Å². The van der Waals surface area contributed by atoms with Gasteiger partial charge in [-0.1, -0.05) is 12.1 Å². The Balaban J connectivity index is 1.35. The molecule has 142 valence electrons. The second kappa shape index (κ2) is 6.74. The number of hydrogen-bond donors (Lipinski definition) is 0. The van der Waals surface area contributed by atoms with Crippen LogP contribution in [-0.4, -0.2) is 50.4 Å². The van der Waals surface area contributed by atoms with Crippen LogP contribution in [-0.2, 0) is 0 Å². The van der Waals surface area contributed by atoms with Crippen molar-refractivity contribution >= 4 is 17.3 Å². The number of fused-ring (bicyclic) bond motifs is 2. The van der Waals surface area contributed by atoms with Crippen LogP contribution in [0.3, 0.4) is 0 Å². The van der Waals surface area contributed by atoms with E-state index >= 15 is 0 Å². The van der Waals surface area contributed by atoms with Crippen molar-refractivity contribution in [2.24, 2.45) is 5.92 Å². The summed E-state index contributed by atoms with van der Waals surface area (Å²) in [5, 5.41) is 4.22. The number of nitrogens with zero attached hydrogens (tertiary/aromatic N) is 4. The molecule has 0 N–H and O–H groups in total. The molecule has 2 aromatic heterocycles. The molecule has 2 aliphatic rings. The molecule has 3 aromatic rings. The number of ether oxygens (including phenoxy) is 1. The molecule has 1 aromatic carbocycles. The predicted octanol–water partition coefficient (Wildman–Crippen LogP) is 2.62. The molecule has 7 nitrogen and oxygen atoms in total. The van der Waals surface area contributed by atoms with Crippen molar-refractivity contribution in [3.63, 3.8) is 0 Å². The first kappa shape index (κ1) is 16.9. The van der Waals surface area contributed by atoms with E-state index in [0.717, 1.165) is 12.8 Å². The Bertz CT molecular complexity index is 1060. The zero-order chi connectivity index (χ0) is 19.1. The lowest BCUT2D eigenvalue weighted by Crippen LogP contribution is -2.46. The van der Waals surface area contributed by atoms with E-state index in [2.05, 4.69) is 10.1 Å². The Morgan fingerprint density at radius 2 is 2.11 bits per heavy atom. The van der Waals surface area contributed by atoms with Gasteiger partial charge in [0, 0.05) is 37.8 Å². The number of piperidine rings is 1. The van der Waals surface area contributed by atoms with E-state index in [4.69, 9.17) is 4.74 Å². The highest BCUT2D eigenvalue weighted by atomic mass is 16.5. The minimum atomic E-state index is -0.194. The molecule has 0 saturated carbocycles. The average molecular weight is 376 g/mol. The molecule has 1 saturated heterocycles. The zero-order valence-electron chi connectivity index (χ0n) is 15.3. The molecule has 4 heterocycles. The summed E-state index contributed by atoms with van der Waals surface area (Å²) in [6.07, 6.45) is 7.01. The molecule has 1 fully saturated rings. The monoisotopic (exact) mass is 376 g/mol. The molecule has 1 amide bonds. The van der Waals surface area contributed by atoms with Crippen LogP contribution in [0.2, 0.25) is 0 Å². The highest BCUT2D eigenvalue weighted by molar-refractivity contribution is 6.00. The molecule has 2 aliphatic heterocycles. The van der Waals surface area contributed by atoms with Crippen molar-refractivity contribution in [3.8, 4) is 5.75 Å². The molecule has 0 bridgehead atoms. The van der Waals surface area contributed by atoms with Crippen molar-refractivity contribution in [1.82, 2.24) is 19.5 Å². The highest BCUT2D eigenvalue weighted by Gasteiger charge is 2.36. The second-order valence-electron chi connectivity index (χ2n) is 7.38. The van der Waals surface area contributed by atoms with E-state index in [1.54, 1.807) is 29.2 Å². The third-order valence-corrected chi connectivity index (χ3v) is 5.63. The third-order valence-electron chi connectivity index (χ3n) is 5.63. The Morgan fingerprint density at radius 3 is 3.04 bits per heavy atom. The number of rotatable bonds is 2. The summed E-state index contributed by atoms with van der Waals surface area (Å²) in [6, 6.07) is 9.16. The van der Waals surface area contributed by atoms with Gasteiger partial charge in [0.05, 0.1) is 11.8 Å². The van der Waals surface area contributed by atoms with Gasteiger partial charge in [-0.15, -0.1) is 0 Å². The SMILES string of the molecule is O=C1C[C@@H]([C@@H]2CCCN(C(=O)c3cnn4cccnc34)C2)Oc2ccccc21. The lowest BCUT2D eigenvalue weighted by Gasteiger charge is -2.38. The number of hydrogen-bond acceptors (Lipinski definition) is 5. The van der Waals surface area contributed by atoms with Crippen LogP contribution in [0.25, 0.3) is 5.65 Å². The van der Waals surface area contributed by atoms with Gasteiger partial charge in [0.2, 0.25) is 0 Å². The Labute approximate surface area is 161 Å². The lowest BCUT2D eigenvalue weighted by molar-refractivity contribution is 0.0410. The summed E-state index contributed by atoms with van der Waals surface area (Å²) >= 11 is 0. The second-order valence-corrected chi connectivity index (χ2v) is 7.38. The topological polar surface area (TPSA) is 76.8 Å². The summed E-state index contributed by atoms with van der Waals surface area (Å²) in [4.78, 5) is 31.7. The van der Waals surface area contributed by atoms with Crippen LogP contribution >= 0.6 is 0 Å². The number of carbonyl (C=O) groups is 2. The predicted molar refractivity (Wildman–Crippen MR) is 101 cm³/mol. The van der Waals surface area contributed by atoms with Crippen LogP contribution in [0, 0.1) is 5.92 Å². The first-order chi connectivity index (χ1) is 13.7. The van der Waals surface area contributed by atoms with Gasteiger partial charge >= 0.3 is 0 Å². The fourth-order valence-electron chi connectivity index (χ4n) is 4.21. The van der Waals surface area contributed by atoms with Gasteiger partial charge in [-0.25, -0.2) is 9.50 Å². The quantitative estimate of drug-likeness (QED) is 0.687. The number of likely N-dealkylation sites (tertiary alicyclic amines) is 1. The van der Waals surface area contributed by atoms with Crippen molar-refractivity contribution in [2.75, 3.05) is 13.1 Å². The maximum absolute atomic E-state index is 13.1. The van der Waals surface area contributed by atoms with Crippen LogP contribution in [0.5, 0.6) is 5.75 Å². The number of benzene rings is 1. The summed E-state index contributed by atoms with van der Waals surface area (Å²) in [6.45, 7) is 1.26. The fraction of sp³-hybridized carbons (Fsp3) is 0.333. The van der Waals surface area contributed by atoms with Gasteiger partial charge in [-0.2, -0.15) is 5.10 Å². The largest absolute Gasteiger partial charge is 0.489 e. The fourth-order valence-corrected chi connectivity index (χ4v) is 4.21. The van der Waals surface area contributed by atoms with Gasteiger partial charge in [0.1, 0.15) is 17.4 Å². The minimum Gasteiger partial charge on any atom is -0.489 e. The summed E-state index contributed by atoms with van der Waals surface area (Å²) in [7, 11) is 0. The molecule has 2 atom stereocenters. The number of para-hydroxylation sites is 1. The number of Topliss-reactive ketones (excluding diaryl/α,β-unsaturated/α-hetero) is 1. The van der Waals surface area contributed by atoms with E-state index in [1.165, 1.54) is 0 Å². The lowest BCUT2D eigenvalue weighted by atomic mass is 9.86. The summed E-state index contributed by atoms with van der Waals surface area (Å²) in [5.74, 6) is 0.826. The van der Waals surface area contributed by atoms with Crippen LogP contribution in [0.15, 0.2) is 48.9 Å². The number of ketones is 1. The Kier molecular flexibility index (Phi) is 4.07. The number of aromatic nitrogens is 3.